The van der Waals surface area contributed by atoms with Crippen molar-refractivity contribution in [2.75, 3.05) is 0 Å². The van der Waals surface area contributed by atoms with Crippen molar-refractivity contribution in [1.82, 2.24) is 30.8 Å². The monoisotopic (exact) mass is 236 g/mol. The predicted molar refractivity (Wildman–Crippen MR) is 66.8 cm³/mol. The van der Waals surface area contributed by atoms with E-state index in [0.717, 1.165) is 33.2 Å². The molecule has 2 aromatic carbocycles. The van der Waals surface area contributed by atoms with Gasteiger partial charge < -0.3 is 0 Å². The van der Waals surface area contributed by atoms with Gasteiger partial charge in [0.2, 0.25) is 0 Å². The Labute approximate surface area is 101 Å². The summed E-state index contributed by atoms with van der Waals surface area (Å²) in [5.41, 5.74) is 5.60. The maximum absolute atomic E-state index is 4.09. The number of hydrogen-bond donors (Lipinski definition) is 2. The normalized spacial score (nSPS) is 11.3. The highest BCUT2D eigenvalue weighted by Gasteiger charge is 2.04. The van der Waals surface area contributed by atoms with Gasteiger partial charge in [-0.2, -0.15) is 30.8 Å². The lowest BCUT2D eigenvalue weighted by molar-refractivity contribution is 0.959. The molecule has 2 heterocycles. The lowest BCUT2D eigenvalue weighted by Gasteiger charge is -2.00. The number of H-pyrrole nitrogens is 2. The van der Waals surface area contributed by atoms with Gasteiger partial charge >= 0.3 is 0 Å². The molecule has 0 spiro atoms. The van der Waals surface area contributed by atoms with Crippen LogP contribution in [0.4, 0.5) is 0 Å². The summed E-state index contributed by atoms with van der Waals surface area (Å²) >= 11 is 0. The minimum atomic E-state index is 0.854. The number of rotatable bonds is 1. The Morgan fingerprint density at radius 2 is 1.00 bits per heavy atom. The fourth-order valence-corrected chi connectivity index (χ4v) is 2.04. The molecular weight excluding hydrogens is 228 g/mol. The van der Waals surface area contributed by atoms with Gasteiger partial charge in [-0.25, -0.2) is 0 Å². The lowest BCUT2D eigenvalue weighted by atomic mass is 10.0. The Morgan fingerprint density at radius 3 is 1.50 bits per heavy atom. The van der Waals surface area contributed by atoms with Crippen LogP contribution in [0.15, 0.2) is 36.4 Å². The second-order valence-electron chi connectivity index (χ2n) is 4.05. The zero-order chi connectivity index (χ0) is 11.9. The molecule has 18 heavy (non-hydrogen) atoms. The van der Waals surface area contributed by atoms with E-state index in [2.05, 4.69) is 30.8 Å². The Bertz CT molecular complexity index is 772. The largest absolute Gasteiger partial charge is 0.197 e. The molecule has 0 radical (unpaired) electrons. The van der Waals surface area contributed by atoms with Crippen LogP contribution in [0.5, 0.6) is 0 Å². The summed E-state index contributed by atoms with van der Waals surface area (Å²) in [4.78, 5) is 0. The van der Waals surface area contributed by atoms with Crippen LogP contribution < -0.4 is 0 Å². The molecule has 0 amide bonds. The predicted octanol–water partition coefficient (Wildman–Crippen LogP) is 1.90. The number of fused-ring (bicyclic) bond motifs is 2. The van der Waals surface area contributed by atoms with Crippen LogP contribution in [-0.4, -0.2) is 30.8 Å². The first-order chi connectivity index (χ1) is 8.90. The highest BCUT2D eigenvalue weighted by Crippen LogP contribution is 2.24. The fourth-order valence-electron chi connectivity index (χ4n) is 2.04. The summed E-state index contributed by atoms with van der Waals surface area (Å²) in [6.07, 6.45) is 0. The van der Waals surface area contributed by atoms with Crippen molar-refractivity contribution in [3.63, 3.8) is 0 Å². The number of hydrogen-bond acceptors (Lipinski definition) is 4. The van der Waals surface area contributed by atoms with Crippen LogP contribution in [0.1, 0.15) is 0 Å². The van der Waals surface area contributed by atoms with Crippen LogP contribution in [0.3, 0.4) is 0 Å². The van der Waals surface area contributed by atoms with Gasteiger partial charge in [0.15, 0.2) is 0 Å². The van der Waals surface area contributed by atoms with Gasteiger partial charge in [-0.15, -0.1) is 0 Å². The summed E-state index contributed by atoms with van der Waals surface area (Å²) in [6, 6.07) is 11.9. The van der Waals surface area contributed by atoms with E-state index in [1.54, 1.807) is 0 Å². The van der Waals surface area contributed by atoms with E-state index in [4.69, 9.17) is 0 Å². The van der Waals surface area contributed by atoms with Gasteiger partial charge in [0.25, 0.3) is 0 Å². The molecule has 0 aliphatic carbocycles. The average molecular weight is 236 g/mol. The number of aromatic amines is 2. The first-order valence-corrected chi connectivity index (χ1v) is 5.51. The van der Waals surface area contributed by atoms with Crippen molar-refractivity contribution in [2.45, 2.75) is 0 Å². The minimum absolute atomic E-state index is 0.854. The van der Waals surface area contributed by atoms with Crippen molar-refractivity contribution in [2.24, 2.45) is 0 Å². The average Bonchev–Trinajstić information content (AvgIpc) is 3.05. The summed E-state index contributed by atoms with van der Waals surface area (Å²) in [7, 11) is 0. The molecule has 0 aliphatic rings. The Balaban J connectivity index is 1.93. The second-order valence-corrected chi connectivity index (χ2v) is 4.05. The van der Waals surface area contributed by atoms with E-state index in [-0.39, 0.29) is 0 Å². The second kappa shape index (κ2) is 3.36. The van der Waals surface area contributed by atoms with Crippen LogP contribution in [0, 0.1) is 0 Å². The third kappa shape index (κ3) is 1.29. The Morgan fingerprint density at radius 1 is 0.556 bits per heavy atom. The van der Waals surface area contributed by atoms with Crippen LogP contribution >= 0.6 is 0 Å². The van der Waals surface area contributed by atoms with Gasteiger partial charge in [0.1, 0.15) is 22.1 Å². The first-order valence-electron chi connectivity index (χ1n) is 5.51. The van der Waals surface area contributed by atoms with E-state index in [0.29, 0.717) is 0 Å². The van der Waals surface area contributed by atoms with Crippen molar-refractivity contribution in [1.29, 1.82) is 0 Å². The molecule has 0 fully saturated rings. The van der Waals surface area contributed by atoms with Gasteiger partial charge in [-0.05, 0) is 35.4 Å². The summed E-state index contributed by atoms with van der Waals surface area (Å²) in [5, 5.41) is 21.5. The van der Waals surface area contributed by atoms with Gasteiger partial charge in [-0.1, -0.05) is 12.1 Å². The van der Waals surface area contributed by atoms with Crippen molar-refractivity contribution in [3.05, 3.63) is 36.4 Å². The van der Waals surface area contributed by atoms with Crippen LogP contribution in [0.25, 0.3) is 33.2 Å². The highest BCUT2D eigenvalue weighted by atomic mass is 15.3. The van der Waals surface area contributed by atoms with E-state index >= 15 is 0 Å². The Kier molecular flexibility index (Phi) is 1.74. The molecule has 4 rings (SSSR count). The van der Waals surface area contributed by atoms with Gasteiger partial charge in [0, 0.05) is 0 Å². The third-order valence-corrected chi connectivity index (χ3v) is 2.97. The summed E-state index contributed by atoms with van der Waals surface area (Å²) in [5.74, 6) is 0. The fraction of sp³-hybridized carbons (Fsp3) is 0. The zero-order valence-corrected chi connectivity index (χ0v) is 9.25. The molecule has 4 aromatic rings. The molecule has 2 N–H and O–H groups in total. The minimum Gasteiger partial charge on any atom is -0.197 e. The SMILES string of the molecule is c1cc2n[nH]nc2cc1-c1ccc2n[nH]nc2c1. The maximum atomic E-state index is 4.09. The van der Waals surface area contributed by atoms with Gasteiger partial charge in [-0.3, -0.25) is 0 Å². The molecule has 0 aliphatic heterocycles. The molecule has 0 saturated carbocycles. The quantitative estimate of drug-likeness (QED) is 0.528. The summed E-state index contributed by atoms with van der Waals surface area (Å²) in [6.45, 7) is 0. The number of aromatic nitrogens is 6. The van der Waals surface area contributed by atoms with Crippen molar-refractivity contribution < 1.29 is 0 Å². The molecule has 6 heteroatoms. The number of nitrogens with zero attached hydrogens (tertiary/aromatic N) is 4. The molecule has 6 nitrogen and oxygen atoms in total. The van der Waals surface area contributed by atoms with E-state index < -0.39 is 0 Å². The van der Waals surface area contributed by atoms with E-state index in [9.17, 15) is 0 Å². The maximum Gasteiger partial charge on any atom is 0.113 e. The van der Waals surface area contributed by atoms with Crippen LogP contribution in [-0.2, 0) is 0 Å². The Hall–Kier alpha value is -2.76. The zero-order valence-electron chi connectivity index (χ0n) is 9.25. The molecule has 0 atom stereocenters. The summed E-state index contributed by atoms with van der Waals surface area (Å²) < 4.78 is 0. The van der Waals surface area contributed by atoms with Crippen molar-refractivity contribution in [3.8, 4) is 11.1 Å². The molecule has 86 valence electrons. The smallest absolute Gasteiger partial charge is 0.113 e. The molecule has 2 aromatic heterocycles. The topological polar surface area (TPSA) is 83.1 Å². The highest BCUT2D eigenvalue weighted by molar-refractivity contribution is 5.85. The molecule has 0 unspecified atom stereocenters. The lowest BCUT2D eigenvalue weighted by Crippen LogP contribution is -1.79. The molecular formula is C12H8N6. The molecule has 0 bridgehead atoms. The number of nitrogens with one attached hydrogen (secondary N) is 2. The van der Waals surface area contributed by atoms with Gasteiger partial charge in [0.05, 0.1) is 0 Å². The first kappa shape index (κ1) is 9.29. The van der Waals surface area contributed by atoms with Crippen LogP contribution in [0.2, 0.25) is 0 Å². The standard InChI is InChI=1S/C12H8N6/c1-3-9-11(15-17-13-9)5-7(1)8-2-4-10-12(6-8)16-18-14-10/h1-6H,(H,13,15,17)(H,14,16,18). The molecule has 0 saturated heterocycles. The van der Waals surface area contributed by atoms with Crippen molar-refractivity contribution >= 4 is 22.1 Å². The van der Waals surface area contributed by atoms with E-state index in [1.165, 1.54) is 0 Å². The third-order valence-electron chi connectivity index (χ3n) is 2.97. The number of benzene rings is 2. The van der Waals surface area contributed by atoms with E-state index in [1.807, 2.05) is 36.4 Å².